The van der Waals surface area contributed by atoms with Gasteiger partial charge in [-0.15, -0.1) is 0 Å². The Morgan fingerprint density at radius 2 is 2.25 bits per heavy atom. The first-order valence-corrected chi connectivity index (χ1v) is 6.41. The SMILES string of the molecule is CN(C)CCn1ncc(Br)c1C1(O)CCC1. The van der Waals surface area contributed by atoms with Crippen molar-refractivity contribution in [2.24, 2.45) is 0 Å². The van der Waals surface area contributed by atoms with E-state index in [2.05, 4.69) is 25.9 Å². The van der Waals surface area contributed by atoms with Crippen molar-refractivity contribution in [1.29, 1.82) is 0 Å². The molecule has 4 nitrogen and oxygen atoms in total. The van der Waals surface area contributed by atoms with E-state index in [4.69, 9.17) is 0 Å². The summed E-state index contributed by atoms with van der Waals surface area (Å²) in [6.45, 7) is 1.74. The molecule has 1 aromatic rings. The molecular formula is C11H18BrN3O. The molecule has 0 amide bonds. The van der Waals surface area contributed by atoms with Crippen molar-refractivity contribution in [3.05, 3.63) is 16.4 Å². The Balaban J connectivity index is 2.19. The van der Waals surface area contributed by atoms with Gasteiger partial charge in [-0.25, -0.2) is 0 Å². The molecule has 0 unspecified atom stereocenters. The van der Waals surface area contributed by atoms with E-state index in [1.165, 1.54) is 0 Å². The lowest BCUT2D eigenvalue weighted by molar-refractivity contribution is -0.0472. The van der Waals surface area contributed by atoms with Crippen LogP contribution in [0.3, 0.4) is 0 Å². The minimum atomic E-state index is -0.651. The Bertz CT molecular complexity index is 371. The summed E-state index contributed by atoms with van der Waals surface area (Å²) in [7, 11) is 4.08. The summed E-state index contributed by atoms with van der Waals surface area (Å²) >= 11 is 3.48. The second-order valence-electron chi connectivity index (χ2n) is 4.75. The van der Waals surface area contributed by atoms with E-state index in [0.29, 0.717) is 0 Å². The lowest BCUT2D eigenvalue weighted by Gasteiger charge is -2.37. The molecule has 0 aromatic carbocycles. The highest BCUT2D eigenvalue weighted by Crippen LogP contribution is 2.43. The Hall–Kier alpha value is -0.390. The van der Waals surface area contributed by atoms with Gasteiger partial charge >= 0.3 is 0 Å². The molecular weight excluding hydrogens is 270 g/mol. The van der Waals surface area contributed by atoms with E-state index in [1.54, 1.807) is 6.20 Å². The van der Waals surface area contributed by atoms with Gasteiger partial charge < -0.3 is 10.0 Å². The molecule has 2 rings (SSSR count). The van der Waals surface area contributed by atoms with Gasteiger partial charge in [-0.2, -0.15) is 5.10 Å². The van der Waals surface area contributed by atoms with Gasteiger partial charge in [0, 0.05) is 6.54 Å². The van der Waals surface area contributed by atoms with Gasteiger partial charge in [0.15, 0.2) is 0 Å². The van der Waals surface area contributed by atoms with Crippen molar-refractivity contribution in [3.8, 4) is 0 Å². The number of nitrogens with zero attached hydrogens (tertiary/aromatic N) is 3. The predicted molar refractivity (Wildman–Crippen MR) is 66.2 cm³/mol. The summed E-state index contributed by atoms with van der Waals surface area (Å²) in [5.74, 6) is 0. The highest BCUT2D eigenvalue weighted by atomic mass is 79.9. The Morgan fingerprint density at radius 1 is 1.56 bits per heavy atom. The molecule has 1 saturated carbocycles. The molecule has 1 N–H and O–H groups in total. The quantitative estimate of drug-likeness (QED) is 0.914. The Labute approximate surface area is 104 Å². The van der Waals surface area contributed by atoms with Crippen LogP contribution < -0.4 is 0 Å². The van der Waals surface area contributed by atoms with Crippen LogP contribution in [0.1, 0.15) is 25.0 Å². The first kappa shape index (κ1) is 12.1. The van der Waals surface area contributed by atoms with Gasteiger partial charge in [-0.1, -0.05) is 0 Å². The number of aliphatic hydroxyl groups is 1. The fraction of sp³-hybridized carbons (Fsp3) is 0.727. The van der Waals surface area contributed by atoms with Crippen LogP contribution in [0.2, 0.25) is 0 Å². The molecule has 16 heavy (non-hydrogen) atoms. The minimum absolute atomic E-state index is 0.651. The average molecular weight is 288 g/mol. The van der Waals surface area contributed by atoms with Crippen LogP contribution in [-0.2, 0) is 12.1 Å². The molecule has 0 atom stereocenters. The van der Waals surface area contributed by atoms with Crippen LogP contribution in [0.4, 0.5) is 0 Å². The lowest BCUT2D eigenvalue weighted by Crippen LogP contribution is -2.37. The number of halogens is 1. The van der Waals surface area contributed by atoms with Gasteiger partial charge in [0.25, 0.3) is 0 Å². The van der Waals surface area contributed by atoms with E-state index in [-0.39, 0.29) is 0 Å². The van der Waals surface area contributed by atoms with Gasteiger partial charge in [0.2, 0.25) is 0 Å². The molecule has 1 aromatic heterocycles. The topological polar surface area (TPSA) is 41.3 Å². The van der Waals surface area contributed by atoms with Crippen LogP contribution in [0.15, 0.2) is 10.7 Å². The Morgan fingerprint density at radius 3 is 2.75 bits per heavy atom. The molecule has 0 spiro atoms. The minimum Gasteiger partial charge on any atom is -0.384 e. The molecule has 5 heteroatoms. The molecule has 1 aliphatic carbocycles. The standard InChI is InChI=1S/C11H18BrN3O/c1-14(2)6-7-15-10(9(12)8-13-15)11(16)4-3-5-11/h8,16H,3-7H2,1-2H3. The first-order valence-electron chi connectivity index (χ1n) is 5.62. The second-order valence-corrected chi connectivity index (χ2v) is 5.61. The third kappa shape index (κ3) is 2.17. The molecule has 0 saturated heterocycles. The maximum Gasteiger partial charge on any atom is 0.107 e. The number of hydrogen-bond donors (Lipinski definition) is 1. The van der Waals surface area contributed by atoms with Crippen LogP contribution in [0, 0.1) is 0 Å². The molecule has 0 bridgehead atoms. The van der Waals surface area contributed by atoms with Crippen molar-refractivity contribution < 1.29 is 5.11 Å². The smallest absolute Gasteiger partial charge is 0.107 e. The van der Waals surface area contributed by atoms with Crippen LogP contribution >= 0.6 is 15.9 Å². The van der Waals surface area contributed by atoms with Crippen LogP contribution in [0.5, 0.6) is 0 Å². The highest BCUT2D eigenvalue weighted by Gasteiger charge is 2.40. The molecule has 1 fully saturated rings. The normalized spacial score (nSPS) is 18.8. The molecule has 1 aliphatic rings. The summed E-state index contributed by atoms with van der Waals surface area (Å²) in [6.07, 6.45) is 4.57. The summed E-state index contributed by atoms with van der Waals surface area (Å²) in [4.78, 5) is 2.12. The number of hydrogen-bond acceptors (Lipinski definition) is 3. The fourth-order valence-electron chi connectivity index (χ4n) is 2.04. The number of aromatic nitrogens is 2. The molecule has 0 radical (unpaired) electrons. The van der Waals surface area contributed by atoms with Crippen molar-refractivity contribution in [3.63, 3.8) is 0 Å². The van der Waals surface area contributed by atoms with Crippen molar-refractivity contribution >= 4 is 15.9 Å². The predicted octanol–water partition coefficient (Wildman–Crippen LogP) is 1.58. The van der Waals surface area contributed by atoms with E-state index in [0.717, 1.165) is 42.5 Å². The van der Waals surface area contributed by atoms with E-state index in [9.17, 15) is 5.11 Å². The average Bonchev–Trinajstić information content (AvgIpc) is 2.53. The van der Waals surface area contributed by atoms with E-state index >= 15 is 0 Å². The van der Waals surface area contributed by atoms with Gasteiger partial charge in [-0.05, 0) is 49.3 Å². The zero-order valence-electron chi connectivity index (χ0n) is 9.78. The monoisotopic (exact) mass is 287 g/mol. The van der Waals surface area contributed by atoms with E-state index < -0.39 is 5.60 Å². The zero-order chi connectivity index (χ0) is 11.8. The van der Waals surface area contributed by atoms with Crippen molar-refractivity contribution in [2.75, 3.05) is 20.6 Å². The summed E-state index contributed by atoms with van der Waals surface area (Å²) < 4.78 is 2.84. The van der Waals surface area contributed by atoms with Gasteiger partial charge in [-0.3, -0.25) is 4.68 Å². The van der Waals surface area contributed by atoms with Crippen LogP contribution in [0.25, 0.3) is 0 Å². The van der Waals surface area contributed by atoms with Gasteiger partial charge in [0.05, 0.1) is 22.9 Å². The third-order valence-corrected chi connectivity index (χ3v) is 3.76. The summed E-state index contributed by atoms with van der Waals surface area (Å²) in [5.41, 5.74) is 0.294. The van der Waals surface area contributed by atoms with Crippen molar-refractivity contribution in [2.45, 2.75) is 31.4 Å². The Kier molecular flexibility index (Phi) is 3.37. The maximum absolute atomic E-state index is 10.4. The summed E-state index contributed by atoms with van der Waals surface area (Å²) in [5, 5.41) is 14.7. The molecule has 90 valence electrons. The van der Waals surface area contributed by atoms with E-state index in [1.807, 2.05) is 18.8 Å². The zero-order valence-corrected chi connectivity index (χ0v) is 11.4. The number of rotatable bonds is 4. The molecule has 0 aliphatic heterocycles. The number of likely N-dealkylation sites (N-methyl/N-ethyl adjacent to an activating group) is 1. The first-order chi connectivity index (χ1) is 7.53. The largest absolute Gasteiger partial charge is 0.384 e. The fourth-order valence-corrected chi connectivity index (χ4v) is 2.70. The second kappa shape index (κ2) is 4.47. The lowest BCUT2D eigenvalue weighted by atomic mass is 9.78. The van der Waals surface area contributed by atoms with Gasteiger partial charge in [0.1, 0.15) is 5.60 Å². The van der Waals surface area contributed by atoms with Crippen LogP contribution in [-0.4, -0.2) is 40.4 Å². The third-order valence-electron chi connectivity index (χ3n) is 3.18. The highest BCUT2D eigenvalue weighted by molar-refractivity contribution is 9.10. The van der Waals surface area contributed by atoms with Crippen molar-refractivity contribution in [1.82, 2.24) is 14.7 Å². The molecule has 1 heterocycles. The maximum atomic E-state index is 10.4. The summed E-state index contributed by atoms with van der Waals surface area (Å²) in [6, 6.07) is 0.